The van der Waals surface area contributed by atoms with Gasteiger partial charge in [0.2, 0.25) is 11.1 Å². The lowest BCUT2D eigenvalue weighted by Crippen LogP contribution is -2.17. The molecule has 1 N–H and O–H groups in total. The molecular weight excluding hydrogens is 308 g/mol. The molecule has 0 spiro atoms. The fraction of sp³-hybridized carbons (Fsp3) is 0.154. The van der Waals surface area contributed by atoms with Gasteiger partial charge in [0.25, 0.3) is 0 Å². The van der Waals surface area contributed by atoms with Crippen LogP contribution in [0.4, 0.5) is 0 Å². The van der Waals surface area contributed by atoms with Crippen molar-refractivity contribution in [2.24, 2.45) is 0 Å². The van der Waals surface area contributed by atoms with Crippen molar-refractivity contribution in [2.45, 2.75) is 13.3 Å². The van der Waals surface area contributed by atoms with Crippen molar-refractivity contribution in [3.63, 3.8) is 0 Å². The van der Waals surface area contributed by atoms with Gasteiger partial charge in [-0.05, 0) is 24.6 Å². The number of aryl methyl sites for hydroxylation is 1. The summed E-state index contributed by atoms with van der Waals surface area (Å²) < 4.78 is 2.55. The zero-order chi connectivity index (χ0) is 13.4. The van der Waals surface area contributed by atoms with Crippen molar-refractivity contribution in [2.75, 3.05) is 0 Å². The van der Waals surface area contributed by atoms with E-state index in [1.165, 1.54) is 6.33 Å². The predicted octanol–water partition coefficient (Wildman–Crippen LogP) is 2.08. The number of halogens is 1. The fourth-order valence-corrected chi connectivity index (χ4v) is 2.54. The number of aromatic nitrogens is 4. The number of hydrogen-bond donors (Lipinski definition) is 1. The van der Waals surface area contributed by atoms with Gasteiger partial charge in [0.1, 0.15) is 6.33 Å². The van der Waals surface area contributed by atoms with Crippen molar-refractivity contribution in [3.05, 3.63) is 62.1 Å². The van der Waals surface area contributed by atoms with Gasteiger partial charge in [-0.15, -0.1) is 10.2 Å². The molecule has 0 saturated heterocycles. The quantitative estimate of drug-likeness (QED) is 0.786. The molecule has 0 saturated carbocycles. The van der Waals surface area contributed by atoms with Crippen LogP contribution in [0.5, 0.6) is 0 Å². The molecule has 0 amide bonds. The number of H-pyrrole nitrogens is 1. The molecule has 0 bridgehead atoms. The Morgan fingerprint density at radius 1 is 1.42 bits per heavy atom. The minimum Gasteiger partial charge on any atom is -0.295 e. The molecule has 0 radical (unpaired) electrons. The molecule has 0 aliphatic rings. The Kier molecular flexibility index (Phi) is 2.94. The highest BCUT2D eigenvalue weighted by Gasteiger charge is 2.11. The van der Waals surface area contributed by atoms with E-state index in [4.69, 9.17) is 0 Å². The molecule has 0 unspecified atom stereocenters. The van der Waals surface area contributed by atoms with Crippen LogP contribution >= 0.6 is 15.9 Å². The molecule has 0 atom stereocenters. The maximum absolute atomic E-state index is 12.3. The number of hydrogen-bond acceptors (Lipinski definition) is 3. The number of benzene rings is 1. The van der Waals surface area contributed by atoms with Crippen LogP contribution < -0.4 is 5.43 Å². The molecule has 96 valence electrons. The van der Waals surface area contributed by atoms with Crippen molar-refractivity contribution in [3.8, 4) is 0 Å². The maximum Gasteiger partial charge on any atom is 0.230 e. The van der Waals surface area contributed by atoms with Gasteiger partial charge in [-0.2, -0.15) is 0 Å². The average molecular weight is 319 g/mol. The molecular formula is C13H11BrN4O. The smallest absolute Gasteiger partial charge is 0.230 e. The molecule has 1 aromatic carbocycles. The molecule has 5 nitrogen and oxygen atoms in total. The first-order valence-electron chi connectivity index (χ1n) is 5.81. The van der Waals surface area contributed by atoms with Gasteiger partial charge in [0.05, 0.1) is 0 Å². The van der Waals surface area contributed by atoms with E-state index in [9.17, 15) is 4.79 Å². The van der Waals surface area contributed by atoms with Crippen LogP contribution in [-0.4, -0.2) is 19.8 Å². The highest BCUT2D eigenvalue weighted by atomic mass is 79.9. The van der Waals surface area contributed by atoms with Crippen molar-refractivity contribution in [1.82, 2.24) is 19.8 Å². The number of aromatic amines is 1. The van der Waals surface area contributed by atoms with Crippen LogP contribution in [0.3, 0.4) is 0 Å². The summed E-state index contributed by atoms with van der Waals surface area (Å²) in [5, 5.41) is 10.7. The van der Waals surface area contributed by atoms with Gasteiger partial charge in [-0.25, -0.2) is 4.52 Å². The number of rotatable bonds is 2. The van der Waals surface area contributed by atoms with E-state index in [0.717, 1.165) is 21.3 Å². The van der Waals surface area contributed by atoms with Crippen LogP contribution in [0.15, 0.2) is 39.9 Å². The topological polar surface area (TPSA) is 63.1 Å². The van der Waals surface area contributed by atoms with Crippen LogP contribution in [0.25, 0.3) is 5.65 Å². The van der Waals surface area contributed by atoms with Crippen molar-refractivity contribution in [1.29, 1.82) is 0 Å². The zero-order valence-corrected chi connectivity index (χ0v) is 11.8. The van der Waals surface area contributed by atoms with E-state index in [1.54, 1.807) is 4.52 Å². The summed E-state index contributed by atoms with van der Waals surface area (Å²) in [6.07, 6.45) is 2.07. The molecule has 3 rings (SSSR count). The minimum absolute atomic E-state index is 0.0753. The Labute approximate surface area is 117 Å². The molecule has 0 fully saturated rings. The Bertz CT molecular complexity index is 806. The highest BCUT2D eigenvalue weighted by Crippen LogP contribution is 2.15. The van der Waals surface area contributed by atoms with E-state index < -0.39 is 0 Å². The first kappa shape index (κ1) is 12.1. The zero-order valence-electron chi connectivity index (χ0n) is 10.2. The fourth-order valence-electron chi connectivity index (χ4n) is 2.09. The van der Waals surface area contributed by atoms with Crippen LogP contribution in [0.2, 0.25) is 0 Å². The summed E-state index contributed by atoms with van der Waals surface area (Å²) >= 11 is 3.43. The Balaban J connectivity index is 2.12. The predicted molar refractivity (Wildman–Crippen MR) is 75.3 cm³/mol. The lowest BCUT2D eigenvalue weighted by molar-refractivity contribution is 0.865. The number of fused-ring (bicyclic) bond motifs is 1. The van der Waals surface area contributed by atoms with E-state index in [-0.39, 0.29) is 5.43 Å². The van der Waals surface area contributed by atoms with Crippen LogP contribution in [-0.2, 0) is 6.42 Å². The highest BCUT2D eigenvalue weighted by molar-refractivity contribution is 9.10. The molecule has 6 heteroatoms. The molecule has 0 aliphatic heterocycles. The molecule has 0 aliphatic carbocycles. The third-order valence-corrected chi connectivity index (χ3v) is 3.53. The Morgan fingerprint density at radius 3 is 3.05 bits per heavy atom. The van der Waals surface area contributed by atoms with Crippen LogP contribution in [0, 0.1) is 6.92 Å². The Morgan fingerprint density at radius 2 is 2.26 bits per heavy atom. The lowest BCUT2D eigenvalue weighted by atomic mass is 10.0. The first-order chi connectivity index (χ1) is 9.15. The maximum atomic E-state index is 12.3. The number of nitrogens with zero attached hydrogens (tertiary/aromatic N) is 3. The van der Waals surface area contributed by atoms with Gasteiger partial charge in [0, 0.05) is 22.2 Å². The standard InChI is InChI=1S/C13H11BrN4O/c1-8-11(6-9-3-2-4-10(14)5-9)12(19)13-16-15-7-18(13)17-8/h2-5,7,17H,6H2,1H3. The second kappa shape index (κ2) is 4.62. The minimum atomic E-state index is -0.0753. The summed E-state index contributed by atoms with van der Waals surface area (Å²) in [6.45, 7) is 1.88. The molecule has 2 aromatic heterocycles. The van der Waals surface area contributed by atoms with E-state index in [2.05, 4.69) is 31.2 Å². The molecule has 19 heavy (non-hydrogen) atoms. The second-order valence-corrected chi connectivity index (χ2v) is 5.29. The second-order valence-electron chi connectivity index (χ2n) is 4.38. The van der Waals surface area contributed by atoms with Crippen molar-refractivity contribution < 1.29 is 0 Å². The summed E-state index contributed by atoms with van der Waals surface area (Å²) in [7, 11) is 0. The average Bonchev–Trinajstić information content (AvgIpc) is 2.83. The summed E-state index contributed by atoms with van der Waals surface area (Å²) in [5.74, 6) is 0. The first-order valence-corrected chi connectivity index (χ1v) is 6.60. The monoisotopic (exact) mass is 318 g/mol. The summed E-state index contributed by atoms with van der Waals surface area (Å²) in [4.78, 5) is 12.3. The van der Waals surface area contributed by atoms with Gasteiger partial charge in [-0.1, -0.05) is 28.1 Å². The van der Waals surface area contributed by atoms with E-state index >= 15 is 0 Å². The van der Waals surface area contributed by atoms with Crippen LogP contribution in [0.1, 0.15) is 16.8 Å². The molecule has 3 aromatic rings. The third kappa shape index (κ3) is 2.19. The van der Waals surface area contributed by atoms with Gasteiger partial charge in [-0.3, -0.25) is 9.89 Å². The summed E-state index contributed by atoms with van der Waals surface area (Å²) in [6, 6.07) is 7.92. The van der Waals surface area contributed by atoms with E-state index in [1.807, 2.05) is 31.2 Å². The largest absolute Gasteiger partial charge is 0.295 e. The SMILES string of the molecule is Cc1[nH]n2cnnc2c(=O)c1Cc1cccc(Br)c1. The normalized spacial score (nSPS) is 11.1. The van der Waals surface area contributed by atoms with Gasteiger partial charge in [0.15, 0.2) is 0 Å². The molecule has 2 heterocycles. The van der Waals surface area contributed by atoms with E-state index in [0.29, 0.717) is 12.1 Å². The number of nitrogens with one attached hydrogen (secondary N) is 1. The van der Waals surface area contributed by atoms with Gasteiger partial charge < -0.3 is 0 Å². The third-order valence-electron chi connectivity index (χ3n) is 3.04. The van der Waals surface area contributed by atoms with Gasteiger partial charge >= 0.3 is 0 Å². The summed E-state index contributed by atoms with van der Waals surface area (Å²) in [5.41, 5.74) is 2.88. The van der Waals surface area contributed by atoms with Crippen molar-refractivity contribution >= 4 is 21.6 Å². The Hall–Kier alpha value is -1.95. The lowest BCUT2D eigenvalue weighted by Gasteiger charge is -2.06.